The van der Waals surface area contributed by atoms with Crippen molar-refractivity contribution in [3.63, 3.8) is 0 Å². The summed E-state index contributed by atoms with van der Waals surface area (Å²) in [6.45, 7) is 2.80. The molecule has 1 aliphatic heterocycles. The Labute approximate surface area is 154 Å². The molecule has 2 aromatic carbocycles. The largest absolute Gasteiger partial charge is 0.326 e. The summed E-state index contributed by atoms with van der Waals surface area (Å²) in [6.07, 6.45) is 4.37. The Kier molecular flexibility index (Phi) is 4.49. The molecule has 2 aliphatic rings. The molecule has 0 spiro atoms. The molecule has 0 bridgehead atoms. The van der Waals surface area contributed by atoms with Gasteiger partial charge in [0.05, 0.1) is 6.42 Å². The van der Waals surface area contributed by atoms with E-state index in [9.17, 15) is 9.59 Å². The molecule has 1 fully saturated rings. The monoisotopic (exact) mass is 348 g/mol. The van der Waals surface area contributed by atoms with E-state index in [1.54, 1.807) is 0 Å². The molecule has 0 saturated heterocycles. The van der Waals surface area contributed by atoms with Gasteiger partial charge in [0.1, 0.15) is 0 Å². The summed E-state index contributed by atoms with van der Waals surface area (Å²) in [5.74, 6) is 0.418. The van der Waals surface area contributed by atoms with E-state index in [0.29, 0.717) is 6.42 Å². The predicted molar refractivity (Wildman–Crippen MR) is 103 cm³/mol. The average Bonchev–Trinajstić information content (AvgIpc) is 3.45. The first-order valence-electron chi connectivity index (χ1n) is 9.40. The minimum Gasteiger partial charge on any atom is -0.326 e. The zero-order valence-electron chi connectivity index (χ0n) is 15.1. The Bertz CT molecular complexity index is 855. The lowest BCUT2D eigenvalue weighted by atomic mass is 10.0. The fourth-order valence-electron chi connectivity index (χ4n) is 3.64. The summed E-state index contributed by atoms with van der Waals surface area (Å²) in [6, 6.07) is 13.9. The van der Waals surface area contributed by atoms with Crippen molar-refractivity contribution in [2.45, 2.75) is 39.0 Å². The number of rotatable bonds is 4. The Balaban J connectivity index is 1.50. The van der Waals surface area contributed by atoms with Crippen molar-refractivity contribution in [3.05, 3.63) is 59.2 Å². The molecule has 0 unspecified atom stereocenters. The topological polar surface area (TPSA) is 49.4 Å². The SMILES string of the molecule is Cc1cccc(CC(=O)Nc2ccc3c(c2)N(C(=O)C2CC2)CCC3)c1. The minimum atomic E-state index is -0.0357. The number of carbonyl (C=O) groups is 2. The van der Waals surface area contributed by atoms with Crippen LogP contribution >= 0.6 is 0 Å². The Morgan fingerprint density at radius 2 is 2.00 bits per heavy atom. The standard InChI is InChI=1S/C22H24N2O2/c1-15-4-2-5-16(12-15)13-21(25)23-19-10-9-17-6-3-11-24(20(17)14-19)22(26)18-7-8-18/h2,4-5,9-10,12,14,18H,3,6-8,11,13H2,1H3,(H,23,25). The molecule has 2 amide bonds. The first-order chi connectivity index (χ1) is 12.6. The summed E-state index contributed by atoms with van der Waals surface area (Å²) in [5.41, 5.74) is 5.09. The second-order valence-electron chi connectivity index (χ2n) is 7.43. The molecule has 1 N–H and O–H groups in total. The summed E-state index contributed by atoms with van der Waals surface area (Å²) >= 11 is 0. The van der Waals surface area contributed by atoms with Crippen molar-refractivity contribution in [1.29, 1.82) is 0 Å². The van der Waals surface area contributed by atoms with Crippen LogP contribution in [0.5, 0.6) is 0 Å². The van der Waals surface area contributed by atoms with Gasteiger partial charge in [0.25, 0.3) is 0 Å². The number of carbonyl (C=O) groups excluding carboxylic acids is 2. The highest BCUT2D eigenvalue weighted by Gasteiger charge is 2.35. The zero-order chi connectivity index (χ0) is 18.1. The van der Waals surface area contributed by atoms with Crippen molar-refractivity contribution in [2.24, 2.45) is 5.92 Å². The Hall–Kier alpha value is -2.62. The number of hydrogen-bond acceptors (Lipinski definition) is 2. The van der Waals surface area contributed by atoms with E-state index in [4.69, 9.17) is 0 Å². The summed E-state index contributed by atoms with van der Waals surface area (Å²) in [5, 5.41) is 2.99. The molecule has 1 aliphatic carbocycles. The molecule has 4 nitrogen and oxygen atoms in total. The third-order valence-electron chi connectivity index (χ3n) is 5.13. The van der Waals surface area contributed by atoms with Crippen molar-refractivity contribution in [2.75, 3.05) is 16.8 Å². The van der Waals surface area contributed by atoms with Crippen LogP contribution in [0.2, 0.25) is 0 Å². The van der Waals surface area contributed by atoms with Gasteiger partial charge in [-0.05, 0) is 55.9 Å². The molecule has 4 heteroatoms. The summed E-state index contributed by atoms with van der Waals surface area (Å²) in [4.78, 5) is 26.9. The molecule has 2 aromatic rings. The van der Waals surface area contributed by atoms with Crippen molar-refractivity contribution in [1.82, 2.24) is 0 Å². The molecule has 4 rings (SSSR count). The number of hydrogen-bond donors (Lipinski definition) is 1. The van der Waals surface area contributed by atoms with E-state index in [1.165, 1.54) is 5.56 Å². The van der Waals surface area contributed by atoms with E-state index in [0.717, 1.165) is 54.7 Å². The van der Waals surface area contributed by atoms with Gasteiger partial charge in [0.2, 0.25) is 11.8 Å². The van der Waals surface area contributed by atoms with Gasteiger partial charge >= 0.3 is 0 Å². The maximum Gasteiger partial charge on any atom is 0.230 e. The fraction of sp³-hybridized carbons (Fsp3) is 0.364. The van der Waals surface area contributed by atoms with Gasteiger partial charge in [-0.1, -0.05) is 35.9 Å². The first kappa shape index (κ1) is 16.8. The van der Waals surface area contributed by atoms with Gasteiger partial charge in [0.15, 0.2) is 0 Å². The molecule has 134 valence electrons. The predicted octanol–water partition coefficient (Wildman–Crippen LogP) is 3.87. The van der Waals surface area contributed by atoms with Gasteiger partial charge in [-0.25, -0.2) is 0 Å². The Morgan fingerprint density at radius 3 is 2.77 bits per heavy atom. The number of benzene rings is 2. The molecular weight excluding hydrogens is 324 g/mol. The van der Waals surface area contributed by atoms with Crippen LogP contribution in [0, 0.1) is 12.8 Å². The molecule has 0 atom stereocenters. The van der Waals surface area contributed by atoms with Crippen molar-refractivity contribution >= 4 is 23.2 Å². The van der Waals surface area contributed by atoms with Gasteiger partial charge in [0, 0.05) is 23.8 Å². The van der Waals surface area contributed by atoms with Crippen LogP contribution in [0.1, 0.15) is 36.0 Å². The van der Waals surface area contributed by atoms with E-state index >= 15 is 0 Å². The van der Waals surface area contributed by atoms with Crippen LogP contribution < -0.4 is 10.2 Å². The summed E-state index contributed by atoms with van der Waals surface area (Å²) < 4.78 is 0. The maximum absolute atomic E-state index is 12.6. The minimum absolute atomic E-state index is 0.0357. The molecular formula is C22H24N2O2. The van der Waals surface area contributed by atoms with E-state index in [1.807, 2.05) is 54.3 Å². The van der Waals surface area contributed by atoms with E-state index in [-0.39, 0.29) is 17.7 Å². The first-order valence-corrected chi connectivity index (χ1v) is 9.40. The smallest absolute Gasteiger partial charge is 0.230 e. The molecule has 1 saturated carbocycles. The quantitative estimate of drug-likeness (QED) is 0.912. The van der Waals surface area contributed by atoms with Crippen LogP contribution in [-0.4, -0.2) is 18.4 Å². The van der Waals surface area contributed by atoms with E-state index in [2.05, 4.69) is 5.32 Å². The molecule has 0 aromatic heterocycles. The molecule has 1 heterocycles. The zero-order valence-corrected chi connectivity index (χ0v) is 15.1. The van der Waals surface area contributed by atoms with Gasteiger partial charge in [-0.3, -0.25) is 9.59 Å². The maximum atomic E-state index is 12.6. The number of nitrogens with one attached hydrogen (secondary N) is 1. The van der Waals surface area contributed by atoms with Crippen LogP contribution in [0.15, 0.2) is 42.5 Å². The lowest BCUT2D eigenvalue weighted by Gasteiger charge is -2.30. The van der Waals surface area contributed by atoms with Crippen LogP contribution in [0.25, 0.3) is 0 Å². The molecule has 26 heavy (non-hydrogen) atoms. The lowest BCUT2D eigenvalue weighted by molar-refractivity contribution is -0.120. The second kappa shape index (κ2) is 6.94. The van der Waals surface area contributed by atoms with E-state index < -0.39 is 0 Å². The highest BCUT2D eigenvalue weighted by Crippen LogP contribution is 2.36. The van der Waals surface area contributed by atoms with Crippen LogP contribution in [0.3, 0.4) is 0 Å². The normalized spacial score (nSPS) is 16.1. The number of anilines is 2. The second-order valence-corrected chi connectivity index (χ2v) is 7.43. The van der Waals surface area contributed by atoms with Crippen LogP contribution in [0.4, 0.5) is 11.4 Å². The third kappa shape index (κ3) is 3.64. The fourth-order valence-corrected chi connectivity index (χ4v) is 3.64. The Morgan fingerprint density at radius 1 is 1.15 bits per heavy atom. The number of fused-ring (bicyclic) bond motifs is 1. The third-order valence-corrected chi connectivity index (χ3v) is 5.13. The molecule has 0 radical (unpaired) electrons. The highest BCUT2D eigenvalue weighted by atomic mass is 16.2. The van der Waals surface area contributed by atoms with Crippen LogP contribution in [-0.2, 0) is 22.4 Å². The van der Waals surface area contributed by atoms with Crippen molar-refractivity contribution in [3.8, 4) is 0 Å². The van der Waals surface area contributed by atoms with Gasteiger partial charge in [-0.2, -0.15) is 0 Å². The summed E-state index contributed by atoms with van der Waals surface area (Å²) in [7, 11) is 0. The highest BCUT2D eigenvalue weighted by molar-refractivity contribution is 5.99. The number of nitrogens with zero attached hydrogens (tertiary/aromatic N) is 1. The van der Waals surface area contributed by atoms with Crippen molar-refractivity contribution < 1.29 is 9.59 Å². The van der Waals surface area contributed by atoms with Gasteiger partial charge < -0.3 is 10.2 Å². The number of amides is 2. The van der Waals surface area contributed by atoms with Gasteiger partial charge in [-0.15, -0.1) is 0 Å². The number of aryl methyl sites for hydroxylation is 2. The average molecular weight is 348 g/mol. The lowest BCUT2D eigenvalue weighted by Crippen LogP contribution is -2.36.